The summed E-state index contributed by atoms with van der Waals surface area (Å²) in [6, 6.07) is 13.2. The Morgan fingerprint density at radius 1 is 0.613 bits per heavy atom. The van der Waals surface area contributed by atoms with Gasteiger partial charge in [-0.3, -0.25) is 4.89 Å². The largest absolute Gasteiger partial charge is 0.584 e. The van der Waals surface area contributed by atoms with E-state index < -0.39 is 7.82 Å². The number of hydrogen-bond acceptors (Lipinski definition) is 5. The first kappa shape index (κ1) is 25.1. The standard InChI is InChI=1S/C24H35O6P/c1-3-5-7-9-19-27-21-11-15-23(16-12-21)29-31(25,26)30-24-17-13-22(14-18-24)28-20-10-8-6-4-2/h11-18H,3-10,19-20H2,1-2H3,(H,25,26). The number of phosphoric ester groups is 1. The van der Waals surface area contributed by atoms with Gasteiger partial charge >= 0.3 is 7.82 Å². The highest BCUT2D eigenvalue weighted by molar-refractivity contribution is 7.48. The summed E-state index contributed by atoms with van der Waals surface area (Å²) < 4.78 is 33.9. The summed E-state index contributed by atoms with van der Waals surface area (Å²) in [5.74, 6) is 1.86. The predicted octanol–water partition coefficient (Wildman–Crippen LogP) is 7.16. The maximum atomic E-state index is 12.3. The monoisotopic (exact) mass is 450 g/mol. The van der Waals surface area contributed by atoms with Crippen LogP contribution in [0, 0.1) is 0 Å². The lowest BCUT2D eigenvalue weighted by Crippen LogP contribution is -2.01. The summed E-state index contributed by atoms with van der Waals surface area (Å²) >= 11 is 0. The molecule has 0 spiro atoms. The Morgan fingerprint density at radius 3 is 1.32 bits per heavy atom. The van der Waals surface area contributed by atoms with E-state index in [1.165, 1.54) is 25.7 Å². The average molecular weight is 451 g/mol. The highest BCUT2D eigenvalue weighted by Gasteiger charge is 2.25. The molecule has 0 aliphatic rings. The molecule has 0 unspecified atom stereocenters. The van der Waals surface area contributed by atoms with E-state index in [4.69, 9.17) is 18.5 Å². The van der Waals surface area contributed by atoms with Crippen LogP contribution in [0.4, 0.5) is 0 Å². The fourth-order valence-electron chi connectivity index (χ4n) is 2.92. The van der Waals surface area contributed by atoms with Crippen LogP contribution in [0.2, 0.25) is 0 Å². The molecule has 0 saturated heterocycles. The molecule has 2 aromatic rings. The van der Waals surface area contributed by atoms with Crippen LogP contribution in [0.5, 0.6) is 23.0 Å². The van der Waals surface area contributed by atoms with Crippen LogP contribution < -0.4 is 18.5 Å². The Kier molecular flexibility index (Phi) is 11.3. The van der Waals surface area contributed by atoms with Gasteiger partial charge in [-0.15, -0.1) is 0 Å². The Morgan fingerprint density at radius 2 is 0.968 bits per heavy atom. The molecule has 2 aromatic carbocycles. The summed E-state index contributed by atoms with van der Waals surface area (Å²) in [6.45, 7) is 5.65. The molecule has 0 fully saturated rings. The summed E-state index contributed by atoms with van der Waals surface area (Å²) in [5.41, 5.74) is 0. The number of hydrogen-bond donors (Lipinski definition) is 1. The smallest absolute Gasteiger partial charge is 0.494 e. The maximum absolute atomic E-state index is 12.3. The fourth-order valence-corrected chi connectivity index (χ4v) is 3.73. The van der Waals surface area contributed by atoms with Crippen molar-refractivity contribution in [2.75, 3.05) is 13.2 Å². The third-order valence-electron chi connectivity index (χ3n) is 4.62. The van der Waals surface area contributed by atoms with Crippen molar-refractivity contribution in [1.82, 2.24) is 0 Å². The molecule has 0 bridgehead atoms. The van der Waals surface area contributed by atoms with Crippen molar-refractivity contribution in [2.24, 2.45) is 0 Å². The van der Waals surface area contributed by atoms with Gasteiger partial charge in [-0.05, 0) is 61.4 Å². The van der Waals surface area contributed by atoms with Crippen molar-refractivity contribution in [3.05, 3.63) is 48.5 Å². The Hall–Kier alpha value is -2.17. The van der Waals surface area contributed by atoms with Gasteiger partial charge in [0.15, 0.2) is 0 Å². The predicted molar refractivity (Wildman–Crippen MR) is 123 cm³/mol. The van der Waals surface area contributed by atoms with Crippen molar-refractivity contribution in [3.63, 3.8) is 0 Å². The third kappa shape index (κ3) is 10.6. The maximum Gasteiger partial charge on any atom is 0.584 e. The first-order chi connectivity index (χ1) is 15.0. The Balaban J connectivity index is 1.77. The Labute approximate surface area is 186 Å². The van der Waals surface area contributed by atoms with Crippen molar-refractivity contribution in [2.45, 2.75) is 65.2 Å². The van der Waals surface area contributed by atoms with E-state index in [0.717, 1.165) is 25.7 Å². The second-order valence-electron chi connectivity index (χ2n) is 7.41. The lowest BCUT2D eigenvalue weighted by Gasteiger charge is -2.14. The molecule has 0 aliphatic heterocycles. The lowest BCUT2D eigenvalue weighted by atomic mass is 10.2. The van der Waals surface area contributed by atoms with Crippen LogP contribution in [-0.4, -0.2) is 18.1 Å². The topological polar surface area (TPSA) is 74.2 Å². The summed E-state index contributed by atoms with van der Waals surface area (Å²) in [6.07, 6.45) is 9.10. The quantitative estimate of drug-likeness (QED) is 0.216. The molecular formula is C24H35O6P. The SMILES string of the molecule is CCCCCCOc1ccc(OP(=O)(O)Oc2ccc(OCCCCCC)cc2)cc1. The van der Waals surface area contributed by atoms with Gasteiger partial charge in [0.25, 0.3) is 0 Å². The summed E-state index contributed by atoms with van der Waals surface area (Å²) in [4.78, 5) is 10.1. The number of unbranched alkanes of at least 4 members (excludes halogenated alkanes) is 6. The van der Waals surface area contributed by atoms with Crippen LogP contribution in [0.15, 0.2) is 48.5 Å². The van der Waals surface area contributed by atoms with E-state index in [9.17, 15) is 9.46 Å². The van der Waals surface area contributed by atoms with E-state index in [1.807, 2.05) is 0 Å². The van der Waals surface area contributed by atoms with Crippen molar-refractivity contribution in [1.29, 1.82) is 0 Å². The number of rotatable bonds is 16. The molecule has 0 radical (unpaired) electrons. The molecule has 31 heavy (non-hydrogen) atoms. The number of ether oxygens (including phenoxy) is 2. The van der Waals surface area contributed by atoms with Gasteiger partial charge in [-0.2, -0.15) is 0 Å². The zero-order valence-corrected chi connectivity index (χ0v) is 19.5. The fraction of sp³-hybridized carbons (Fsp3) is 0.500. The van der Waals surface area contributed by atoms with Crippen LogP contribution in [0.1, 0.15) is 65.2 Å². The molecule has 0 saturated carbocycles. The van der Waals surface area contributed by atoms with Crippen LogP contribution in [0.3, 0.4) is 0 Å². The zero-order chi connectivity index (χ0) is 22.4. The molecule has 7 heteroatoms. The zero-order valence-electron chi connectivity index (χ0n) is 18.6. The van der Waals surface area contributed by atoms with Gasteiger partial charge in [0.05, 0.1) is 13.2 Å². The normalized spacial score (nSPS) is 11.2. The average Bonchev–Trinajstić information content (AvgIpc) is 2.75. The second-order valence-corrected chi connectivity index (χ2v) is 8.71. The van der Waals surface area contributed by atoms with E-state index >= 15 is 0 Å². The highest BCUT2D eigenvalue weighted by atomic mass is 31.2. The first-order valence-electron chi connectivity index (χ1n) is 11.2. The van der Waals surface area contributed by atoms with Gasteiger partial charge < -0.3 is 18.5 Å². The molecule has 0 amide bonds. The molecule has 172 valence electrons. The van der Waals surface area contributed by atoms with Crippen molar-refractivity contribution >= 4 is 7.82 Å². The van der Waals surface area contributed by atoms with Crippen LogP contribution in [-0.2, 0) is 4.57 Å². The van der Waals surface area contributed by atoms with Gasteiger partial charge in [-0.1, -0.05) is 52.4 Å². The van der Waals surface area contributed by atoms with E-state index in [0.29, 0.717) is 24.7 Å². The molecule has 1 N–H and O–H groups in total. The number of phosphoric acid groups is 1. The van der Waals surface area contributed by atoms with Crippen molar-refractivity contribution in [3.8, 4) is 23.0 Å². The summed E-state index contributed by atoms with van der Waals surface area (Å²) in [5, 5.41) is 0. The minimum absolute atomic E-state index is 0.233. The van der Waals surface area contributed by atoms with Gasteiger partial charge in [0.1, 0.15) is 23.0 Å². The molecule has 2 rings (SSSR count). The summed E-state index contributed by atoms with van der Waals surface area (Å²) in [7, 11) is -4.32. The second kappa shape index (κ2) is 14.0. The number of benzene rings is 2. The van der Waals surface area contributed by atoms with E-state index in [-0.39, 0.29) is 11.5 Å². The third-order valence-corrected chi connectivity index (χ3v) is 5.51. The minimum Gasteiger partial charge on any atom is -0.494 e. The molecule has 0 aliphatic carbocycles. The van der Waals surface area contributed by atoms with Crippen LogP contribution >= 0.6 is 7.82 Å². The van der Waals surface area contributed by atoms with Crippen molar-refractivity contribution < 1.29 is 28.0 Å². The lowest BCUT2D eigenvalue weighted by molar-refractivity contribution is 0.288. The van der Waals surface area contributed by atoms with Gasteiger partial charge in [0, 0.05) is 0 Å². The first-order valence-corrected chi connectivity index (χ1v) is 12.7. The highest BCUT2D eigenvalue weighted by Crippen LogP contribution is 2.44. The molecule has 6 nitrogen and oxygen atoms in total. The van der Waals surface area contributed by atoms with Gasteiger partial charge in [0.2, 0.25) is 0 Å². The Bertz CT molecular complexity index is 712. The van der Waals surface area contributed by atoms with Crippen LogP contribution in [0.25, 0.3) is 0 Å². The molecule has 0 heterocycles. The van der Waals surface area contributed by atoms with E-state index in [2.05, 4.69) is 13.8 Å². The molecule has 0 atom stereocenters. The van der Waals surface area contributed by atoms with Gasteiger partial charge in [-0.25, -0.2) is 4.57 Å². The molecular weight excluding hydrogens is 415 g/mol. The van der Waals surface area contributed by atoms with E-state index in [1.54, 1.807) is 48.5 Å². The molecule has 0 aromatic heterocycles. The minimum atomic E-state index is -4.32.